The van der Waals surface area contributed by atoms with Crippen molar-refractivity contribution in [1.29, 1.82) is 0 Å². The van der Waals surface area contributed by atoms with E-state index in [2.05, 4.69) is 26.3 Å². The van der Waals surface area contributed by atoms with Gasteiger partial charge in [-0.15, -0.1) is 0 Å². The summed E-state index contributed by atoms with van der Waals surface area (Å²) in [5.74, 6) is -5.12. The average molecular weight is 390 g/mol. The summed E-state index contributed by atoms with van der Waals surface area (Å²) in [5, 5.41) is 0. The van der Waals surface area contributed by atoms with Crippen LogP contribution in [0.15, 0.2) is 111 Å². The summed E-state index contributed by atoms with van der Waals surface area (Å²) < 4.78 is 17.3. The monoisotopic (exact) mass is 390 g/mol. The molecule has 2 rings (SSSR count). The Morgan fingerprint density at radius 2 is 1.00 bits per heavy atom. The van der Waals surface area contributed by atoms with Crippen LogP contribution in [0, 0.1) is 0 Å². The molecule has 0 heterocycles. The van der Waals surface area contributed by atoms with Crippen LogP contribution in [-0.4, -0.2) is 11.9 Å². The second-order valence-corrected chi connectivity index (χ2v) is 5.83. The van der Waals surface area contributed by atoms with Crippen molar-refractivity contribution in [3.05, 3.63) is 122 Å². The van der Waals surface area contributed by atoms with Crippen LogP contribution in [0.1, 0.15) is 11.1 Å². The van der Waals surface area contributed by atoms with E-state index in [9.17, 15) is 9.59 Å². The van der Waals surface area contributed by atoms with E-state index >= 15 is 0 Å². The molecule has 0 N–H and O–H groups in total. The molecule has 0 aliphatic carbocycles. The molecule has 2 aromatic rings. The van der Waals surface area contributed by atoms with Crippen molar-refractivity contribution in [2.24, 2.45) is 0 Å². The van der Waals surface area contributed by atoms with E-state index in [0.717, 1.165) is 12.2 Å². The van der Waals surface area contributed by atoms with E-state index in [-0.39, 0.29) is 0 Å². The number of hydrogen-bond donors (Lipinski definition) is 0. The Kier molecular flexibility index (Phi) is 7.06. The second-order valence-electron chi connectivity index (χ2n) is 5.83. The molecule has 0 bridgehead atoms. The summed E-state index contributed by atoms with van der Waals surface area (Å²) >= 11 is 0. The highest BCUT2D eigenvalue weighted by Crippen LogP contribution is 2.40. The van der Waals surface area contributed by atoms with Crippen LogP contribution < -0.4 is 0 Å². The minimum absolute atomic E-state index is 0.446. The molecule has 0 saturated carbocycles. The number of rotatable bonds is 10. The Morgan fingerprint density at radius 3 is 1.28 bits per heavy atom. The maximum atomic E-state index is 12.1. The highest BCUT2D eigenvalue weighted by Gasteiger charge is 2.46. The molecule has 0 saturated heterocycles. The standard InChI is InChI=1S/C24H22O5/c1-5-21(25)27-23(7-3,19-15-11-9-12-16-19)29-24(8-4,28-22(26)6-2)20-17-13-10-14-18-20/h5-18H,1-4H2. The molecule has 0 aliphatic rings. The van der Waals surface area contributed by atoms with Gasteiger partial charge < -0.3 is 9.47 Å². The Bertz CT molecular complexity index is 828. The molecule has 0 radical (unpaired) electrons. The minimum Gasteiger partial charge on any atom is -0.421 e. The number of hydrogen-bond acceptors (Lipinski definition) is 5. The molecule has 2 atom stereocenters. The van der Waals surface area contributed by atoms with Crippen molar-refractivity contribution in [3.63, 3.8) is 0 Å². The lowest BCUT2D eigenvalue weighted by Crippen LogP contribution is -2.44. The van der Waals surface area contributed by atoms with Crippen molar-refractivity contribution in [2.75, 3.05) is 0 Å². The molecule has 2 unspecified atom stereocenters. The predicted molar refractivity (Wildman–Crippen MR) is 110 cm³/mol. The molecule has 5 nitrogen and oxygen atoms in total. The van der Waals surface area contributed by atoms with Gasteiger partial charge >= 0.3 is 11.9 Å². The first kappa shape index (κ1) is 21.6. The van der Waals surface area contributed by atoms with Gasteiger partial charge in [0.15, 0.2) is 0 Å². The van der Waals surface area contributed by atoms with E-state index < -0.39 is 23.5 Å². The third-order valence-corrected chi connectivity index (χ3v) is 4.03. The van der Waals surface area contributed by atoms with Crippen molar-refractivity contribution < 1.29 is 23.8 Å². The molecular formula is C24H22O5. The van der Waals surface area contributed by atoms with E-state index in [1.54, 1.807) is 60.7 Å². The smallest absolute Gasteiger partial charge is 0.333 e. The lowest BCUT2D eigenvalue weighted by atomic mass is 10.0. The molecular weight excluding hydrogens is 368 g/mol. The zero-order valence-corrected chi connectivity index (χ0v) is 16.0. The maximum absolute atomic E-state index is 12.1. The zero-order chi connectivity index (χ0) is 21.3. The number of carbonyl (C=O) groups excluding carboxylic acids is 2. The lowest BCUT2D eigenvalue weighted by molar-refractivity contribution is -0.313. The summed E-state index contributed by atoms with van der Waals surface area (Å²) in [6, 6.07) is 17.3. The molecule has 0 spiro atoms. The second kappa shape index (κ2) is 9.48. The number of carbonyl (C=O) groups is 2. The molecule has 148 valence electrons. The lowest BCUT2D eigenvalue weighted by Gasteiger charge is -2.39. The van der Waals surface area contributed by atoms with Gasteiger partial charge in [-0.25, -0.2) is 9.59 Å². The number of esters is 2. The van der Waals surface area contributed by atoms with Crippen molar-refractivity contribution in [2.45, 2.75) is 11.6 Å². The van der Waals surface area contributed by atoms with Crippen LogP contribution in [0.3, 0.4) is 0 Å². The fourth-order valence-corrected chi connectivity index (χ4v) is 2.63. The highest BCUT2D eigenvalue weighted by molar-refractivity contribution is 5.82. The van der Waals surface area contributed by atoms with Gasteiger partial charge in [0, 0.05) is 23.3 Å². The fourth-order valence-electron chi connectivity index (χ4n) is 2.63. The summed E-state index contributed by atoms with van der Waals surface area (Å²) in [6.07, 6.45) is 4.59. The summed E-state index contributed by atoms with van der Waals surface area (Å²) in [6.45, 7) is 14.4. The third-order valence-electron chi connectivity index (χ3n) is 4.03. The Labute approximate surface area is 170 Å². The first-order chi connectivity index (χ1) is 13.9. The minimum atomic E-state index is -1.81. The van der Waals surface area contributed by atoms with Gasteiger partial charge in [-0.05, 0) is 12.2 Å². The fraction of sp³-hybridized carbons (Fsp3) is 0.0833. The van der Waals surface area contributed by atoms with Gasteiger partial charge in [-0.1, -0.05) is 87.0 Å². The summed E-state index contributed by atoms with van der Waals surface area (Å²) in [5.41, 5.74) is 0.893. The largest absolute Gasteiger partial charge is 0.421 e. The molecule has 0 aliphatic heterocycles. The molecule has 0 amide bonds. The van der Waals surface area contributed by atoms with Crippen LogP contribution in [0.25, 0.3) is 0 Å². The summed E-state index contributed by atoms with van der Waals surface area (Å²) in [4.78, 5) is 24.3. The normalized spacial score (nSPS) is 14.3. The van der Waals surface area contributed by atoms with Crippen LogP contribution in [0.5, 0.6) is 0 Å². The van der Waals surface area contributed by atoms with Crippen LogP contribution in [0.4, 0.5) is 0 Å². The Hall–Kier alpha value is -3.70. The van der Waals surface area contributed by atoms with Crippen molar-refractivity contribution in [1.82, 2.24) is 0 Å². The molecule has 29 heavy (non-hydrogen) atoms. The van der Waals surface area contributed by atoms with Crippen LogP contribution >= 0.6 is 0 Å². The molecule has 2 aromatic carbocycles. The first-order valence-corrected chi connectivity index (χ1v) is 8.74. The van der Waals surface area contributed by atoms with Gasteiger partial charge in [-0.3, -0.25) is 4.74 Å². The van der Waals surface area contributed by atoms with E-state index in [1.165, 1.54) is 12.2 Å². The predicted octanol–water partition coefficient (Wildman–Crippen LogP) is 4.54. The first-order valence-electron chi connectivity index (χ1n) is 8.74. The van der Waals surface area contributed by atoms with E-state index in [0.29, 0.717) is 11.1 Å². The third kappa shape index (κ3) is 4.78. The van der Waals surface area contributed by atoms with Crippen LogP contribution in [0.2, 0.25) is 0 Å². The summed E-state index contributed by atoms with van der Waals surface area (Å²) in [7, 11) is 0. The Balaban J connectivity index is 2.69. The van der Waals surface area contributed by atoms with Crippen molar-refractivity contribution >= 4 is 11.9 Å². The SMILES string of the molecule is C=CC(=O)OC(C=C)(OC(C=C)(OC(=O)C=C)c1ccccc1)c1ccccc1. The average Bonchev–Trinajstić information content (AvgIpc) is 2.78. The number of benzene rings is 2. The van der Waals surface area contributed by atoms with E-state index in [1.807, 2.05) is 0 Å². The maximum Gasteiger partial charge on any atom is 0.333 e. The zero-order valence-electron chi connectivity index (χ0n) is 16.0. The van der Waals surface area contributed by atoms with Gasteiger partial charge in [0.2, 0.25) is 0 Å². The highest BCUT2D eigenvalue weighted by atomic mass is 16.8. The molecule has 0 aromatic heterocycles. The topological polar surface area (TPSA) is 61.8 Å². The van der Waals surface area contributed by atoms with Crippen LogP contribution in [-0.2, 0) is 35.4 Å². The van der Waals surface area contributed by atoms with Gasteiger partial charge in [0.1, 0.15) is 0 Å². The number of ether oxygens (including phenoxy) is 3. The van der Waals surface area contributed by atoms with Gasteiger partial charge in [0.25, 0.3) is 11.6 Å². The quantitative estimate of drug-likeness (QED) is 0.258. The van der Waals surface area contributed by atoms with E-state index in [4.69, 9.17) is 14.2 Å². The molecule has 0 fully saturated rings. The molecule has 5 heteroatoms. The van der Waals surface area contributed by atoms with Crippen molar-refractivity contribution in [3.8, 4) is 0 Å². The Morgan fingerprint density at radius 1 is 0.655 bits per heavy atom. The van der Waals surface area contributed by atoms with Gasteiger partial charge in [-0.2, -0.15) is 0 Å². The van der Waals surface area contributed by atoms with Gasteiger partial charge in [0.05, 0.1) is 0 Å².